The Balaban J connectivity index is 1.26. The van der Waals surface area contributed by atoms with E-state index in [4.69, 9.17) is 4.74 Å². The molecule has 2 aromatic heterocycles. The van der Waals surface area contributed by atoms with Gasteiger partial charge >= 0.3 is 6.03 Å². The largest absolute Gasteiger partial charge is 0.477 e. The smallest absolute Gasteiger partial charge is 0.321 e. The zero-order valence-electron chi connectivity index (χ0n) is 13.6. The number of nitrogens with one attached hydrogen (secondary N) is 1. The Morgan fingerprint density at radius 3 is 2.88 bits per heavy atom. The van der Waals surface area contributed by atoms with E-state index in [0.29, 0.717) is 37.2 Å². The molecular weight excluding hydrogens is 316 g/mol. The Kier molecular flexibility index (Phi) is 4.16. The summed E-state index contributed by atoms with van der Waals surface area (Å²) in [6.45, 7) is 1.92. The van der Waals surface area contributed by atoms with Gasteiger partial charge in [-0.1, -0.05) is 18.2 Å². The van der Waals surface area contributed by atoms with Crippen molar-refractivity contribution in [2.24, 2.45) is 5.92 Å². The number of pyridine rings is 2. The molecule has 25 heavy (non-hydrogen) atoms. The van der Waals surface area contributed by atoms with E-state index < -0.39 is 0 Å². The van der Waals surface area contributed by atoms with Crippen molar-refractivity contribution in [3.05, 3.63) is 60.9 Å². The van der Waals surface area contributed by atoms with E-state index in [-0.39, 0.29) is 6.03 Å². The van der Waals surface area contributed by atoms with Gasteiger partial charge in [0.25, 0.3) is 0 Å². The fraction of sp³-hybridized carbons (Fsp3) is 0.211. The number of hydrogen-bond donors (Lipinski definition) is 1. The summed E-state index contributed by atoms with van der Waals surface area (Å²) in [6, 6.07) is 15.3. The maximum absolute atomic E-state index is 12.1. The number of hydrogen-bond acceptors (Lipinski definition) is 4. The second kappa shape index (κ2) is 6.76. The summed E-state index contributed by atoms with van der Waals surface area (Å²) in [5, 5.41) is 3.92. The van der Waals surface area contributed by atoms with Gasteiger partial charge in [0.15, 0.2) is 0 Å². The van der Waals surface area contributed by atoms with Gasteiger partial charge in [-0.25, -0.2) is 9.78 Å². The molecule has 0 bridgehead atoms. The highest BCUT2D eigenvalue weighted by Gasteiger charge is 2.31. The molecule has 4 rings (SSSR count). The van der Waals surface area contributed by atoms with Crippen LogP contribution in [0.3, 0.4) is 0 Å². The van der Waals surface area contributed by atoms with Crippen molar-refractivity contribution >= 4 is 22.6 Å². The number of carbonyl (C=O) groups is 1. The molecule has 1 aliphatic rings. The van der Waals surface area contributed by atoms with Gasteiger partial charge in [-0.05, 0) is 24.3 Å². The number of urea groups is 1. The van der Waals surface area contributed by atoms with Crippen LogP contribution >= 0.6 is 0 Å². The second-order valence-electron chi connectivity index (χ2n) is 6.10. The van der Waals surface area contributed by atoms with Crippen LogP contribution in [0.5, 0.6) is 5.88 Å². The van der Waals surface area contributed by atoms with E-state index in [9.17, 15) is 4.79 Å². The van der Waals surface area contributed by atoms with E-state index in [1.54, 1.807) is 23.4 Å². The first-order valence-electron chi connectivity index (χ1n) is 8.22. The van der Waals surface area contributed by atoms with Gasteiger partial charge in [0.05, 0.1) is 24.0 Å². The van der Waals surface area contributed by atoms with Crippen LogP contribution in [-0.2, 0) is 0 Å². The Bertz CT molecular complexity index is 879. The van der Waals surface area contributed by atoms with Gasteiger partial charge in [-0.3, -0.25) is 4.98 Å². The Morgan fingerprint density at radius 2 is 2.04 bits per heavy atom. The van der Waals surface area contributed by atoms with Crippen molar-refractivity contribution in [1.29, 1.82) is 0 Å². The van der Waals surface area contributed by atoms with Gasteiger partial charge in [-0.2, -0.15) is 0 Å². The monoisotopic (exact) mass is 334 g/mol. The lowest BCUT2D eigenvalue weighted by Gasteiger charge is -2.38. The number of para-hydroxylation sites is 1. The Morgan fingerprint density at radius 1 is 1.16 bits per heavy atom. The van der Waals surface area contributed by atoms with E-state index >= 15 is 0 Å². The van der Waals surface area contributed by atoms with Crippen molar-refractivity contribution in [3.8, 4) is 5.88 Å². The van der Waals surface area contributed by atoms with Gasteiger partial charge in [0.2, 0.25) is 5.88 Å². The minimum Gasteiger partial charge on any atom is -0.477 e. The second-order valence-corrected chi connectivity index (χ2v) is 6.10. The summed E-state index contributed by atoms with van der Waals surface area (Å²) in [5.41, 5.74) is 1.62. The van der Waals surface area contributed by atoms with E-state index in [0.717, 1.165) is 10.9 Å². The third kappa shape index (κ3) is 3.52. The first-order chi connectivity index (χ1) is 12.3. The summed E-state index contributed by atoms with van der Waals surface area (Å²) in [5.74, 6) is 0.949. The predicted octanol–water partition coefficient (Wildman–Crippen LogP) is 3.17. The van der Waals surface area contributed by atoms with E-state index in [1.807, 2.05) is 42.5 Å². The number of ether oxygens (including phenoxy) is 1. The first-order valence-corrected chi connectivity index (χ1v) is 8.22. The van der Waals surface area contributed by atoms with Gasteiger partial charge in [0, 0.05) is 36.7 Å². The van der Waals surface area contributed by atoms with Gasteiger partial charge in [-0.15, -0.1) is 0 Å². The van der Waals surface area contributed by atoms with Crippen LogP contribution in [0.4, 0.5) is 10.5 Å². The maximum atomic E-state index is 12.1. The molecule has 1 N–H and O–H groups in total. The number of rotatable bonds is 4. The zero-order valence-corrected chi connectivity index (χ0v) is 13.6. The van der Waals surface area contributed by atoms with Crippen LogP contribution in [0.1, 0.15) is 0 Å². The molecule has 0 spiro atoms. The summed E-state index contributed by atoms with van der Waals surface area (Å²) >= 11 is 0. The fourth-order valence-electron chi connectivity index (χ4n) is 2.81. The molecule has 2 amide bonds. The van der Waals surface area contributed by atoms with E-state index in [2.05, 4.69) is 15.3 Å². The molecular formula is C19H18N4O2. The zero-order chi connectivity index (χ0) is 17.1. The maximum Gasteiger partial charge on any atom is 0.321 e. The quantitative estimate of drug-likeness (QED) is 0.796. The highest BCUT2D eigenvalue weighted by Crippen LogP contribution is 2.20. The van der Waals surface area contributed by atoms with Crippen LogP contribution in [0.25, 0.3) is 10.9 Å². The molecule has 3 aromatic rings. The average molecular weight is 334 g/mol. The molecule has 0 saturated carbocycles. The summed E-state index contributed by atoms with van der Waals surface area (Å²) in [4.78, 5) is 22.3. The molecule has 1 fully saturated rings. The number of likely N-dealkylation sites (tertiary alicyclic amines) is 1. The molecule has 0 unspecified atom stereocenters. The number of benzene rings is 1. The third-order valence-corrected chi connectivity index (χ3v) is 4.20. The normalized spacial score (nSPS) is 14.2. The van der Waals surface area contributed by atoms with E-state index in [1.165, 1.54) is 0 Å². The first kappa shape index (κ1) is 15.4. The number of aromatic nitrogens is 2. The molecule has 0 aliphatic carbocycles. The molecule has 126 valence electrons. The van der Waals surface area contributed by atoms with Crippen molar-refractivity contribution in [3.63, 3.8) is 0 Å². The van der Waals surface area contributed by atoms with Crippen LogP contribution < -0.4 is 10.1 Å². The lowest BCUT2D eigenvalue weighted by molar-refractivity contribution is 0.0909. The molecule has 1 aromatic carbocycles. The number of anilines is 1. The molecule has 1 aliphatic heterocycles. The minimum atomic E-state index is -0.104. The molecule has 0 atom stereocenters. The highest BCUT2D eigenvalue weighted by molar-refractivity contribution is 5.89. The summed E-state index contributed by atoms with van der Waals surface area (Å²) in [7, 11) is 0. The van der Waals surface area contributed by atoms with Crippen LogP contribution in [0, 0.1) is 5.92 Å². The van der Waals surface area contributed by atoms with Gasteiger partial charge in [0.1, 0.15) is 0 Å². The molecule has 3 heterocycles. The van der Waals surface area contributed by atoms with Crippen LogP contribution in [-0.4, -0.2) is 40.6 Å². The lowest BCUT2D eigenvalue weighted by atomic mass is 10.0. The van der Waals surface area contributed by atoms with Crippen molar-refractivity contribution in [2.45, 2.75) is 0 Å². The molecule has 1 saturated heterocycles. The van der Waals surface area contributed by atoms with Crippen LogP contribution in [0.2, 0.25) is 0 Å². The summed E-state index contributed by atoms with van der Waals surface area (Å²) in [6.07, 6.45) is 3.30. The SMILES string of the molecule is O=C(Nc1cccnc1)N1CC(COc2ccc3ccccc3n2)C1. The number of nitrogens with zero attached hydrogens (tertiary/aromatic N) is 3. The fourth-order valence-corrected chi connectivity index (χ4v) is 2.81. The lowest BCUT2D eigenvalue weighted by Crippen LogP contribution is -2.53. The number of amides is 2. The van der Waals surface area contributed by atoms with Crippen molar-refractivity contribution in [2.75, 3.05) is 25.0 Å². The van der Waals surface area contributed by atoms with Gasteiger partial charge < -0.3 is 15.0 Å². The summed E-state index contributed by atoms with van der Waals surface area (Å²) < 4.78 is 5.78. The highest BCUT2D eigenvalue weighted by atomic mass is 16.5. The minimum absolute atomic E-state index is 0.104. The Hall–Kier alpha value is -3.15. The molecule has 6 nitrogen and oxygen atoms in total. The average Bonchev–Trinajstić information content (AvgIpc) is 2.61. The molecule has 0 radical (unpaired) electrons. The number of carbonyl (C=O) groups excluding carboxylic acids is 1. The van der Waals surface area contributed by atoms with Crippen molar-refractivity contribution < 1.29 is 9.53 Å². The Labute approximate surface area is 145 Å². The topological polar surface area (TPSA) is 67.4 Å². The standard InChI is InChI=1S/C19H18N4O2/c24-19(21-16-5-3-9-20-10-16)23-11-14(12-23)13-25-18-8-7-15-4-1-2-6-17(15)22-18/h1-10,14H,11-13H2,(H,21,24). The number of fused-ring (bicyclic) bond motifs is 1. The molecule has 6 heteroatoms. The van der Waals surface area contributed by atoms with Crippen LogP contribution in [0.15, 0.2) is 60.9 Å². The third-order valence-electron chi connectivity index (χ3n) is 4.20. The predicted molar refractivity (Wildman–Crippen MR) is 95.6 cm³/mol. The van der Waals surface area contributed by atoms with Crippen molar-refractivity contribution in [1.82, 2.24) is 14.9 Å².